The molecule has 1 fully saturated rings. The van der Waals surface area contributed by atoms with E-state index in [1.165, 1.54) is 12.1 Å². The number of aliphatic carboxylic acids is 1. The molecule has 0 amide bonds. The maximum Gasteiger partial charge on any atom is 0.322 e. The Balaban J connectivity index is 2.20. The van der Waals surface area contributed by atoms with Crippen molar-refractivity contribution in [2.24, 2.45) is 5.92 Å². The average Bonchev–Trinajstić information content (AvgIpc) is 3.35. The van der Waals surface area contributed by atoms with Crippen molar-refractivity contribution in [1.82, 2.24) is 9.44 Å². The number of carbonyl (C=O) groups is 1. The first kappa shape index (κ1) is 19.8. The zero-order valence-electron chi connectivity index (χ0n) is 14.0. The van der Waals surface area contributed by atoms with Crippen LogP contribution in [0.4, 0.5) is 0 Å². The molecule has 0 saturated heterocycles. The van der Waals surface area contributed by atoms with Crippen molar-refractivity contribution in [3.8, 4) is 0 Å². The molecule has 140 valence electrons. The van der Waals surface area contributed by atoms with Gasteiger partial charge >= 0.3 is 5.97 Å². The van der Waals surface area contributed by atoms with E-state index in [4.69, 9.17) is 0 Å². The minimum atomic E-state index is -4.08. The Morgan fingerprint density at radius 3 is 2.00 bits per heavy atom. The SMILES string of the molecule is CC[C@H](C)[C@H](NS(=O)(=O)c1ccc(S(=O)(=O)NC2CC2)cc1)C(=O)O. The Labute approximate surface area is 147 Å². The fourth-order valence-corrected chi connectivity index (χ4v) is 4.77. The van der Waals surface area contributed by atoms with E-state index in [0.29, 0.717) is 6.42 Å². The topological polar surface area (TPSA) is 130 Å². The van der Waals surface area contributed by atoms with Crippen LogP contribution in [-0.2, 0) is 24.8 Å². The summed E-state index contributed by atoms with van der Waals surface area (Å²) in [5.74, 6) is -1.65. The molecule has 2 atom stereocenters. The lowest BCUT2D eigenvalue weighted by Crippen LogP contribution is -2.44. The van der Waals surface area contributed by atoms with Crippen LogP contribution in [0.3, 0.4) is 0 Å². The summed E-state index contributed by atoms with van der Waals surface area (Å²) in [6, 6.07) is 3.38. The number of rotatable bonds is 9. The molecule has 2 rings (SSSR count). The van der Waals surface area contributed by atoms with Crippen LogP contribution in [0.1, 0.15) is 33.1 Å². The number of benzene rings is 1. The molecule has 0 spiro atoms. The summed E-state index contributed by atoms with van der Waals surface area (Å²) in [5, 5.41) is 9.21. The van der Waals surface area contributed by atoms with E-state index in [9.17, 15) is 26.7 Å². The maximum atomic E-state index is 12.4. The number of sulfonamides is 2. The van der Waals surface area contributed by atoms with E-state index in [1.54, 1.807) is 13.8 Å². The molecule has 0 aromatic heterocycles. The van der Waals surface area contributed by atoms with Gasteiger partial charge in [-0.15, -0.1) is 0 Å². The molecule has 8 nitrogen and oxygen atoms in total. The highest BCUT2D eigenvalue weighted by molar-refractivity contribution is 7.90. The van der Waals surface area contributed by atoms with Gasteiger partial charge in [-0.2, -0.15) is 4.72 Å². The Morgan fingerprint density at radius 2 is 1.60 bits per heavy atom. The molecule has 3 N–H and O–H groups in total. The van der Waals surface area contributed by atoms with E-state index < -0.39 is 38.0 Å². The van der Waals surface area contributed by atoms with Gasteiger partial charge in [-0.25, -0.2) is 21.6 Å². The monoisotopic (exact) mass is 390 g/mol. The van der Waals surface area contributed by atoms with Crippen molar-refractivity contribution in [2.45, 2.75) is 55.0 Å². The van der Waals surface area contributed by atoms with Crippen LogP contribution >= 0.6 is 0 Å². The van der Waals surface area contributed by atoms with Gasteiger partial charge in [0.1, 0.15) is 6.04 Å². The molecule has 25 heavy (non-hydrogen) atoms. The van der Waals surface area contributed by atoms with Gasteiger partial charge in [0, 0.05) is 6.04 Å². The predicted octanol–water partition coefficient (Wildman–Crippen LogP) is 0.905. The number of carboxylic acid groups (broad SMARTS) is 1. The van der Waals surface area contributed by atoms with Crippen molar-refractivity contribution in [3.63, 3.8) is 0 Å². The molecule has 1 aliphatic rings. The van der Waals surface area contributed by atoms with Crippen LogP contribution in [0.25, 0.3) is 0 Å². The van der Waals surface area contributed by atoms with Gasteiger partial charge < -0.3 is 5.11 Å². The third-order valence-electron chi connectivity index (χ3n) is 4.10. The lowest BCUT2D eigenvalue weighted by molar-refractivity contribution is -0.140. The van der Waals surface area contributed by atoms with E-state index in [-0.39, 0.29) is 15.8 Å². The number of nitrogens with one attached hydrogen (secondary N) is 2. The smallest absolute Gasteiger partial charge is 0.322 e. The molecule has 0 heterocycles. The van der Waals surface area contributed by atoms with Crippen molar-refractivity contribution in [2.75, 3.05) is 0 Å². The Bertz CT molecular complexity index is 829. The number of carboxylic acids is 1. The number of hydrogen-bond acceptors (Lipinski definition) is 5. The molecule has 1 aromatic rings. The van der Waals surface area contributed by atoms with Crippen molar-refractivity contribution >= 4 is 26.0 Å². The van der Waals surface area contributed by atoms with E-state index in [2.05, 4.69) is 9.44 Å². The molecular formula is C15H22N2O6S2. The molecule has 1 aliphatic carbocycles. The molecule has 0 aliphatic heterocycles. The fraction of sp³-hybridized carbons (Fsp3) is 0.533. The minimum Gasteiger partial charge on any atom is -0.480 e. The first-order valence-corrected chi connectivity index (χ1v) is 10.9. The second-order valence-corrected chi connectivity index (χ2v) is 9.62. The van der Waals surface area contributed by atoms with Crippen LogP contribution in [0.2, 0.25) is 0 Å². The number of hydrogen-bond donors (Lipinski definition) is 3. The van der Waals surface area contributed by atoms with E-state index >= 15 is 0 Å². The average molecular weight is 390 g/mol. The first-order chi connectivity index (χ1) is 11.6. The normalized spacial score (nSPS) is 17.8. The highest BCUT2D eigenvalue weighted by Gasteiger charge is 2.30. The van der Waals surface area contributed by atoms with Crippen LogP contribution < -0.4 is 9.44 Å². The highest BCUT2D eigenvalue weighted by atomic mass is 32.2. The first-order valence-electron chi connectivity index (χ1n) is 7.94. The van der Waals surface area contributed by atoms with E-state index in [1.807, 2.05) is 0 Å². The van der Waals surface area contributed by atoms with Crippen LogP contribution in [0.5, 0.6) is 0 Å². The van der Waals surface area contributed by atoms with Gasteiger partial charge in [0.2, 0.25) is 20.0 Å². The standard InChI is InChI=1S/C15H22N2O6S2/c1-3-10(2)14(15(18)19)17-25(22,23)13-8-6-12(7-9-13)24(20,21)16-11-4-5-11/h6-11,14,16-17H,3-5H2,1-2H3,(H,18,19)/t10-,14-/m0/s1. The Kier molecular flexibility index (Phi) is 5.87. The summed E-state index contributed by atoms with van der Waals surface area (Å²) in [5.41, 5.74) is 0. The molecule has 0 radical (unpaired) electrons. The van der Waals surface area contributed by atoms with Crippen LogP contribution in [0, 0.1) is 5.92 Å². The second kappa shape index (κ2) is 7.40. The third kappa shape index (κ3) is 5.00. The summed E-state index contributed by atoms with van der Waals surface area (Å²) in [7, 11) is -7.75. The third-order valence-corrected chi connectivity index (χ3v) is 7.10. The largest absolute Gasteiger partial charge is 0.480 e. The van der Waals surface area contributed by atoms with Crippen molar-refractivity contribution in [3.05, 3.63) is 24.3 Å². The zero-order chi connectivity index (χ0) is 18.8. The summed E-state index contributed by atoms with van der Waals surface area (Å²) < 4.78 is 53.6. The molecule has 10 heteroatoms. The lowest BCUT2D eigenvalue weighted by atomic mass is 10.0. The maximum absolute atomic E-state index is 12.4. The van der Waals surface area contributed by atoms with Gasteiger partial charge in [0.05, 0.1) is 9.79 Å². The quantitative estimate of drug-likeness (QED) is 0.574. The van der Waals surface area contributed by atoms with Gasteiger partial charge in [-0.05, 0) is 43.0 Å². The predicted molar refractivity (Wildman–Crippen MR) is 91.0 cm³/mol. The molecule has 1 saturated carbocycles. The van der Waals surface area contributed by atoms with Gasteiger partial charge in [-0.1, -0.05) is 20.3 Å². The molecular weight excluding hydrogens is 368 g/mol. The van der Waals surface area contributed by atoms with Crippen LogP contribution in [-0.4, -0.2) is 40.0 Å². The molecule has 1 aromatic carbocycles. The molecule has 0 bridgehead atoms. The van der Waals surface area contributed by atoms with Crippen LogP contribution in [0.15, 0.2) is 34.1 Å². The minimum absolute atomic E-state index is 0.0324. The zero-order valence-corrected chi connectivity index (χ0v) is 15.6. The van der Waals surface area contributed by atoms with Gasteiger partial charge in [0.15, 0.2) is 0 Å². The Morgan fingerprint density at radius 1 is 1.12 bits per heavy atom. The summed E-state index contributed by atoms with van der Waals surface area (Å²) >= 11 is 0. The highest BCUT2D eigenvalue weighted by Crippen LogP contribution is 2.23. The van der Waals surface area contributed by atoms with Gasteiger partial charge in [0.25, 0.3) is 0 Å². The van der Waals surface area contributed by atoms with Crippen molar-refractivity contribution in [1.29, 1.82) is 0 Å². The van der Waals surface area contributed by atoms with Gasteiger partial charge in [-0.3, -0.25) is 4.79 Å². The fourth-order valence-electron chi connectivity index (χ4n) is 2.17. The van der Waals surface area contributed by atoms with E-state index in [0.717, 1.165) is 25.0 Å². The summed E-state index contributed by atoms with van der Waals surface area (Å²) in [4.78, 5) is 11.1. The molecule has 0 unspecified atom stereocenters. The van der Waals surface area contributed by atoms with Crippen molar-refractivity contribution < 1.29 is 26.7 Å². The Hall–Kier alpha value is -1.49. The summed E-state index contributed by atoms with van der Waals surface area (Å²) in [6.07, 6.45) is 2.08. The second-order valence-electron chi connectivity index (χ2n) is 6.19. The summed E-state index contributed by atoms with van der Waals surface area (Å²) in [6.45, 7) is 3.40. The lowest BCUT2D eigenvalue weighted by Gasteiger charge is -2.20.